The molecule has 3 N–H and O–H groups in total. The Kier molecular flexibility index (Phi) is 7.42. The number of nitrogens with one attached hydrogen (secondary N) is 1. The molecule has 1 saturated carbocycles. The zero-order chi connectivity index (χ0) is 23.5. The minimum atomic E-state index is -3.43. The van der Waals surface area contributed by atoms with Crippen LogP contribution in [-0.2, 0) is 21.2 Å². The number of carbonyl (C=O) groups excluding carboxylic acids is 1. The Bertz CT molecular complexity index is 1080. The number of hydrogen-bond acceptors (Lipinski definition) is 6. The largest absolute Gasteiger partial charge is 0.394 e. The van der Waals surface area contributed by atoms with E-state index in [0.29, 0.717) is 5.56 Å². The fraction of sp³-hybridized carbons (Fsp3) is 0.429. The van der Waals surface area contributed by atoms with Crippen LogP contribution in [0.25, 0.3) is 5.57 Å². The van der Waals surface area contributed by atoms with Crippen LogP contribution in [0.1, 0.15) is 18.4 Å². The first-order chi connectivity index (χ1) is 15.1. The summed E-state index contributed by atoms with van der Waals surface area (Å²) in [5, 5.41) is 25.1. The van der Waals surface area contributed by atoms with Crippen molar-refractivity contribution in [2.24, 2.45) is 5.92 Å². The molecule has 0 bridgehead atoms. The van der Waals surface area contributed by atoms with Gasteiger partial charge in [-0.3, -0.25) is 9.48 Å². The first kappa shape index (κ1) is 24.0. The molecule has 1 aromatic carbocycles. The van der Waals surface area contributed by atoms with Crippen LogP contribution in [0, 0.1) is 5.92 Å². The summed E-state index contributed by atoms with van der Waals surface area (Å²) in [4.78, 5) is 13.1. The Morgan fingerprint density at radius 1 is 1.25 bits per heavy atom. The van der Waals surface area contributed by atoms with Crippen LogP contribution in [0.3, 0.4) is 0 Å². The van der Waals surface area contributed by atoms with Gasteiger partial charge in [0.05, 0.1) is 24.2 Å². The first-order valence-corrected chi connectivity index (χ1v) is 11.9. The number of aliphatic hydroxyl groups is 2. The third kappa shape index (κ3) is 5.99. The maximum Gasteiger partial charge on any atom is 0.257 e. The van der Waals surface area contributed by atoms with Gasteiger partial charge >= 0.3 is 0 Å². The van der Waals surface area contributed by atoms with Crippen molar-refractivity contribution < 1.29 is 32.2 Å². The van der Waals surface area contributed by atoms with Crippen LogP contribution in [0.15, 0.2) is 47.5 Å². The molecule has 4 atom stereocenters. The van der Waals surface area contributed by atoms with Gasteiger partial charge in [0.2, 0.25) is 0 Å². The summed E-state index contributed by atoms with van der Waals surface area (Å²) in [7, 11) is -3.43. The summed E-state index contributed by atoms with van der Waals surface area (Å²) in [6, 6.07) is 7.15. The molecule has 3 rings (SSSR count). The van der Waals surface area contributed by atoms with Crippen molar-refractivity contribution in [1.29, 1.82) is 0 Å². The number of allylic oxidation sites excluding steroid dienone is 1. The minimum Gasteiger partial charge on any atom is -0.394 e. The van der Waals surface area contributed by atoms with Gasteiger partial charge in [-0.2, -0.15) is 5.10 Å². The van der Waals surface area contributed by atoms with Gasteiger partial charge in [0.1, 0.15) is 12.3 Å². The van der Waals surface area contributed by atoms with Crippen molar-refractivity contribution in [2.45, 2.75) is 42.7 Å². The molecule has 32 heavy (non-hydrogen) atoms. The van der Waals surface area contributed by atoms with Gasteiger partial charge < -0.3 is 15.5 Å². The summed E-state index contributed by atoms with van der Waals surface area (Å²) in [5.41, 5.74) is 0.532. The summed E-state index contributed by atoms with van der Waals surface area (Å²) < 4.78 is 52.1. The third-order valence-electron chi connectivity index (χ3n) is 5.18. The SMILES string of the molecule is CS(=O)(=O)c1ccc(/C(=C\C2C[C@@H](F)[C@@H](F)C2)C(=O)Nc2ccn(C[C@@H](O)CO)n2)cc1. The number of alkyl halides is 2. The predicted octanol–water partition coefficient (Wildman–Crippen LogP) is 1.75. The van der Waals surface area contributed by atoms with E-state index in [1.54, 1.807) is 0 Å². The quantitative estimate of drug-likeness (QED) is 0.507. The van der Waals surface area contributed by atoms with E-state index in [2.05, 4.69) is 10.4 Å². The average molecular weight is 470 g/mol. The lowest BCUT2D eigenvalue weighted by molar-refractivity contribution is -0.111. The van der Waals surface area contributed by atoms with Crippen LogP contribution in [0.5, 0.6) is 0 Å². The zero-order valence-electron chi connectivity index (χ0n) is 17.4. The van der Waals surface area contributed by atoms with Crippen molar-refractivity contribution in [3.63, 3.8) is 0 Å². The third-order valence-corrected chi connectivity index (χ3v) is 6.31. The standard InChI is InChI=1S/C21H25F2N3O5S/c1-32(30,31)16-4-2-14(3-5-16)17(8-13-9-18(22)19(23)10-13)21(29)24-20-6-7-26(25-20)11-15(28)12-27/h2-8,13,15,18-19,27-28H,9-12H2,1H3,(H,24,25,29)/b17-8+/t13?,15-,18-,19+/m1/s1. The number of anilines is 1. The fourth-order valence-electron chi connectivity index (χ4n) is 3.51. The summed E-state index contributed by atoms with van der Waals surface area (Å²) >= 11 is 0. The molecule has 2 aromatic rings. The van der Waals surface area contributed by atoms with Crippen LogP contribution >= 0.6 is 0 Å². The van der Waals surface area contributed by atoms with E-state index in [1.807, 2.05) is 0 Å². The number of sulfone groups is 1. The van der Waals surface area contributed by atoms with Crippen LogP contribution < -0.4 is 5.32 Å². The second kappa shape index (κ2) is 9.88. The van der Waals surface area contributed by atoms with E-state index >= 15 is 0 Å². The Labute approximate surface area is 184 Å². The zero-order valence-corrected chi connectivity index (χ0v) is 18.2. The lowest BCUT2D eigenvalue weighted by Gasteiger charge is -2.12. The van der Waals surface area contributed by atoms with Gasteiger partial charge in [-0.05, 0) is 36.5 Å². The number of amides is 1. The highest BCUT2D eigenvalue weighted by Crippen LogP contribution is 2.34. The summed E-state index contributed by atoms with van der Waals surface area (Å²) in [6.45, 7) is -0.412. The smallest absolute Gasteiger partial charge is 0.257 e. The first-order valence-electron chi connectivity index (χ1n) is 10.0. The van der Waals surface area contributed by atoms with Crippen LogP contribution in [-0.4, -0.2) is 65.6 Å². The second-order valence-corrected chi connectivity index (χ2v) is 9.87. The molecule has 1 amide bonds. The molecule has 174 valence electrons. The molecule has 0 spiro atoms. The molecule has 1 fully saturated rings. The minimum absolute atomic E-state index is 0.0277. The van der Waals surface area contributed by atoms with E-state index in [1.165, 1.54) is 47.3 Å². The maximum absolute atomic E-state index is 13.7. The van der Waals surface area contributed by atoms with Gasteiger partial charge in [-0.15, -0.1) is 0 Å². The highest BCUT2D eigenvalue weighted by Gasteiger charge is 2.34. The van der Waals surface area contributed by atoms with Crippen molar-refractivity contribution in [2.75, 3.05) is 18.2 Å². The number of aromatic nitrogens is 2. The molecule has 1 unspecified atom stereocenters. The van der Waals surface area contributed by atoms with Gasteiger partial charge in [0.25, 0.3) is 5.91 Å². The van der Waals surface area contributed by atoms with Crippen molar-refractivity contribution >= 4 is 27.1 Å². The van der Waals surface area contributed by atoms with E-state index in [9.17, 15) is 27.1 Å². The molecular formula is C21H25F2N3O5S. The Balaban J connectivity index is 1.86. The molecule has 1 aliphatic rings. The van der Waals surface area contributed by atoms with E-state index in [4.69, 9.17) is 5.11 Å². The molecule has 0 saturated heterocycles. The monoisotopic (exact) mass is 469 g/mol. The van der Waals surface area contributed by atoms with Crippen molar-refractivity contribution in [3.8, 4) is 0 Å². The number of halogens is 2. The molecule has 0 radical (unpaired) electrons. The second-order valence-electron chi connectivity index (χ2n) is 7.85. The molecule has 1 aromatic heterocycles. The summed E-state index contributed by atoms with van der Waals surface area (Å²) in [5.74, 6) is -0.896. The topological polar surface area (TPSA) is 122 Å². The normalized spacial score (nSPS) is 22.7. The fourth-order valence-corrected chi connectivity index (χ4v) is 4.14. The van der Waals surface area contributed by atoms with E-state index in [-0.39, 0.29) is 35.7 Å². The number of aliphatic hydroxyl groups excluding tert-OH is 2. The lowest BCUT2D eigenvalue weighted by Crippen LogP contribution is -2.20. The molecule has 1 aliphatic carbocycles. The highest BCUT2D eigenvalue weighted by molar-refractivity contribution is 7.90. The van der Waals surface area contributed by atoms with Gasteiger partial charge in [-0.1, -0.05) is 18.2 Å². The van der Waals surface area contributed by atoms with Gasteiger partial charge in [0, 0.05) is 24.1 Å². The molecule has 11 heteroatoms. The molecule has 1 heterocycles. The lowest BCUT2D eigenvalue weighted by atomic mass is 9.98. The number of nitrogens with zero attached hydrogens (tertiary/aromatic N) is 2. The van der Waals surface area contributed by atoms with Gasteiger partial charge in [-0.25, -0.2) is 17.2 Å². The predicted molar refractivity (Wildman–Crippen MR) is 114 cm³/mol. The molecule has 8 nitrogen and oxygen atoms in total. The Hall–Kier alpha value is -2.63. The average Bonchev–Trinajstić information content (AvgIpc) is 3.30. The number of rotatable bonds is 8. The number of hydrogen-bond donors (Lipinski definition) is 3. The van der Waals surface area contributed by atoms with E-state index < -0.39 is 46.7 Å². The Morgan fingerprint density at radius 2 is 1.88 bits per heavy atom. The van der Waals surface area contributed by atoms with Crippen molar-refractivity contribution in [1.82, 2.24) is 9.78 Å². The van der Waals surface area contributed by atoms with Gasteiger partial charge in [0.15, 0.2) is 15.7 Å². The Morgan fingerprint density at radius 3 is 2.44 bits per heavy atom. The maximum atomic E-state index is 13.7. The summed E-state index contributed by atoms with van der Waals surface area (Å²) in [6.07, 6.45) is -0.215. The van der Waals surface area contributed by atoms with Crippen LogP contribution in [0.2, 0.25) is 0 Å². The highest BCUT2D eigenvalue weighted by atomic mass is 32.2. The number of carbonyl (C=O) groups is 1. The van der Waals surface area contributed by atoms with Crippen LogP contribution in [0.4, 0.5) is 14.6 Å². The number of benzene rings is 1. The van der Waals surface area contributed by atoms with Crippen molar-refractivity contribution in [3.05, 3.63) is 48.2 Å². The molecule has 0 aliphatic heterocycles. The van der Waals surface area contributed by atoms with E-state index in [0.717, 1.165) is 6.26 Å². The molecular weight excluding hydrogens is 444 g/mol.